The van der Waals surface area contributed by atoms with Gasteiger partial charge in [-0.3, -0.25) is 4.57 Å². The molecule has 2 aromatic rings. The van der Waals surface area contributed by atoms with Gasteiger partial charge in [0.2, 0.25) is 0 Å². The largest absolute Gasteiger partial charge is 0.404 e. The standard InChI is InChI=1S/C17H18ClF2O3P/c1-3-22-24(21,23-4-2)17(19,20)15-9-5-13(6-10-15)14-7-11-16(18)12-8-14/h5-12H,3-4H2,1-2H3. The second kappa shape index (κ2) is 7.75. The van der Waals surface area contributed by atoms with Crippen molar-refractivity contribution in [2.45, 2.75) is 19.5 Å². The van der Waals surface area contributed by atoms with Gasteiger partial charge in [-0.15, -0.1) is 0 Å². The fraction of sp³-hybridized carbons (Fsp3) is 0.294. The molecule has 0 aliphatic rings. The van der Waals surface area contributed by atoms with Gasteiger partial charge in [-0.2, -0.15) is 8.78 Å². The lowest BCUT2D eigenvalue weighted by molar-refractivity contribution is 0.0361. The molecule has 2 rings (SSSR count). The average molecular weight is 375 g/mol. The Labute approximate surface area is 145 Å². The van der Waals surface area contributed by atoms with Crippen LogP contribution < -0.4 is 0 Å². The van der Waals surface area contributed by atoms with E-state index >= 15 is 0 Å². The van der Waals surface area contributed by atoms with Gasteiger partial charge < -0.3 is 9.05 Å². The van der Waals surface area contributed by atoms with Crippen LogP contribution in [0.1, 0.15) is 19.4 Å². The van der Waals surface area contributed by atoms with E-state index in [1.54, 1.807) is 24.3 Å². The van der Waals surface area contributed by atoms with Gasteiger partial charge in [-0.05, 0) is 37.1 Å². The van der Waals surface area contributed by atoms with Gasteiger partial charge in [-0.1, -0.05) is 48.0 Å². The van der Waals surface area contributed by atoms with Crippen LogP contribution in [0.15, 0.2) is 48.5 Å². The second-order valence-electron chi connectivity index (χ2n) is 4.96. The molecule has 0 N–H and O–H groups in total. The van der Waals surface area contributed by atoms with Gasteiger partial charge in [0.15, 0.2) is 0 Å². The molecule has 0 spiro atoms. The third-order valence-electron chi connectivity index (χ3n) is 3.35. The predicted octanol–water partition coefficient (Wildman–Crippen LogP) is 6.32. The number of hydrogen-bond acceptors (Lipinski definition) is 3. The number of alkyl halides is 2. The first-order valence-electron chi connectivity index (χ1n) is 7.47. The first-order chi connectivity index (χ1) is 11.3. The summed E-state index contributed by atoms with van der Waals surface area (Å²) < 4.78 is 51.3. The van der Waals surface area contributed by atoms with E-state index in [2.05, 4.69) is 0 Å². The Morgan fingerprint density at radius 2 is 1.33 bits per heavy atom. The number of benzene rings is 2. The van der Waals surface area contributed by atoms with Crippen molar-refractivity contribution in [3.63, 3.8) is 0 Å². The minimum absolute atomic E-state index is 0.129. The Bertz CT molecular complexity index is 708. The second-order valence-corrected chi connectivity index (χ2v) is 7.47. The molecule has 0 bridgehead atoms. The minimum Gasteiger partial charge on any atom is -0.304 e. The Hall–Kier alpha value is -1.26. The SMILES string of the molecule is CCOP(=O)(OCC)C(F)(F)c1ccc(-c2ccc(Cl)cc2)cc1. The summed E-state index contributed by atoms with van der Waals surface area (Å²) in [5, 5.41) is 0.594. The van der Waals surface area contributed by atoms with Crippen molar-refractivity contribution in [2.24, 2.45) is 0 Å². The molecule has 0 amide bonds. The lowest BCUT2D eigenvalue weighted by Gasteiger charge is -2.26. The van der Waals surface area contributed by atoms with Crippen LogP contribution in [0.3, 0.4) is 0 Å². The lowest BCUT2D eigenvalue weighted by Crippen LogP contribution is -2.18. The Morgan fingerprint density at radius 3 is 1.75 bits per heavy atom. The monoisotopic (exact) mass is 374 g/mol. The van der Waals surface area contributed by atoms with E-state index in [-0.39, 0.29) is 13.2 Å². The quantitative estimate of drug-likeness (QED) is 0.532. The van der Waals surface area contributed by atoms with Crippen LogP contribution in [0, 0.1) is 0 Å². The molecule has 0 aromatic heterocycles. The highest BCUT2D eigenvalue weighted by atomic mass is 35.5. The van der Waals surface area contributed by atoms with Crippen molar-refractivity contribution in [3.8, 4) is 11.1 Å². The van der Waals surface area contributed by atoms with Crippen molar-refractivity contribution < 1.29 is 22.4 Å². The molecule has 0 unspecified atom stereocenters. The third-order valence-corrected chi connectivity index (χ3v) is 5.75. The van der Waals surface area contributed by atoms with Crippen LogP contribution in [0.25, 0.3) is 11.1 Å². The maximum Gasteiger partial charge on any atom is 0.404 e. The predicted molar refractivity (Wildman–Crippen MR) is 91.6 cm³/mol. The van der Waals surface area contributed by atoms with Crippen LogP contribution >= 0.6 is 19.2 Å². The molecule has 0 radical (unpaired) electrons. The fourth-order valence-electron chi connectivity index (χ4n) is 2.20. The third kappa shape index (κ3) is 3.86. The van der Waals surface area contributed by atoms with E-state index < -0.39 is 18.8 Å². The molecule has 0 aliphatic carbocycles. The van der Waals surface area contributed by atoms with Crippen molar-refractivity contribution >= 4 is 19.2 Å². The Balaban J connectivity index is 2.34. The zero-order valence-corrected chi connectivity index (χ0v) is 15.0. The number of halogens is 3. The minimum atomic E-state index is -4.59. The first-order valence-corrected chi connectivity index (χ1v) is 9.39. The zero-order chi connectivity index (χ0) is 17.8. The molecule has 130 valence electrons. The summed E-state index contributed by atoms with van der Waals surface area (Å²) in [5.41, 5.74) is -2.55. The lowest BCUT2D eigenvalue weighted by atomic mass is 10.0. The van der Waals surface area contributed by atoms with Gasteiger partial charge >= 0.3 is 13.3 Å². The normalized spacial score (nSPS) is 12.4. The Morgan fingerprint density at radius 1 is 0.917 bits per heavy atom. The molecule has 0 saturated heterocycles. The maximum atomic E-state index is 14.6. The molecule has 2 aromatic carbocycles. The summed E-state index contributed by atoms with van der Waals surface area (Å²) in [6.45, 7) is 2.72. The molecule has 0 fully saturated rings. The van der Waals surface area contributed by atoms with Gasteiger partial charge in [0.05, 0.1) is 13.2 Å². The van der Waals surface area contributed by atoms with Gasteiger partial charge in [0, 0.05) is 10.6 Å². The molecule has 0 heterocycles. The highest BCUT2D eigenvalue weighted by molar-refractivity contribution is 7.54. The summed E-state index contributed by atoms with van der Waals surface area (Å²) in [7, 11) is -4.59. The van der Waals surface area contributed by atoms with Crippen LogP contribution in [-0.2, 0) is 19.3 Å². The van der Waals surface area contributed by atoms with Crippen LogP contribution in [0.2, 0.25) is 5.02 Å². The van der Waals surface area contributed by atoms with Crippen molar-refractivity contribution in [3.05, 3.63) is 59.1 Å². The van der Waals surface area contributed by atoms with Crippen molar-refractivity contribution in [2.75, 3.05) is 13.2 Å². The highest BCUT2D eigenvalue weighted by Gasteiger charge is 2.54. The molecule has 0 atom stereocenters. The summed E-state index contributed by atoms with van der Waals surface area (Å²) in [4.78, 5) is 0. The molecular weight excluding hydrogens is 357 g/mol. The topological polar surface area (TPSA) is 35.5 Å². The summed E-state index contributed by atoms with van der Waals surface area (Å²) >= 11 is 5.84. The van der Waals surface area contributed by atoms with Crippen molar-refractivity contribution in [1.82, 2.24) is 0 Å². The van der Waals surface area contributed by atoms with E-state index in [0.717, 1.165) is 11.1 Å². The van der Waals surface area contributed by atoms with E-state index in [9.17, 15) is 13.3 Å². The fourth-order valence-corrected chi connectivity index (χ4v) is 3.87. The Kier molecular flexibility index (Phi) is 6.16. The smallest absolute Gasteiger partial charge is 0.304 e. The molecule has 0 saturated carbocycles. The van der Waals surface area contributed by atoms with Crippen molar-refractivity contribution in [1.29, 1.82) is 0 Å². The molecule has 7 heteroatoms. The van der Waals surface area contributed by atoms with Crippen LogP contribution in [0.4, 0.5) is 8.78 Å². The number of hydrogen-bond donors (Lipinski definition) is 0. The highest BCUT2D eigenvalue weighted by Crippen LogP contribution is 2.66. The summed E-state index contributed by atoms with van der Waals surface area (Å²) in [6, 6.07) is 12.6. The summed E-state index contributed by atoms with van der Waals surface area (Å²) in [6.07, 6.45) is 0. The van der Waals surface area contributed by atoms with Crippen LogP contribution in [-0.4, -0.2) is 13.2 Å². The molecular formula is C17H18ClF2O3P. The molecule has 3 nitrogen and oxygen atoms in total. The van der Waals surface area contributed by atoms with Crippen LogP contribution in [0.5, 0.6) is 0 Å². The van der Waals surface area contributed by atoms with Gasteiger partial charge in [0.25, 0.3) is 0 Å². The molecule has 0 aliphatic heterocycles. The first kappa shape index (κ1) is 19.1. The number of rotatable bonds is 7. The summed E-state index contributed by atoms with van der Waals surface area (Å²) in [5.74, 6) is 0. The average Bonchev–Trinajstić information content (AvgIpc) is 2.56. The van der Waals surface area contributed by atoms with E-state index in [4.69, 9.17) is 20.6 Å². The molecule has 24 heavy (non-hydrogen) atoms. The van der Waals surface area contributed by atoms with E-state index in [1.165, 1.54) is 38.1 Å². The van der Waals surface area contributed by atoms with E-state index in [0.29, 0.717) is 5.02 Å². The zero-order valence-electron chi connectivity index (χ0n) is 13.3. The van der Waals surface area contributed by atoms with E-state index in [1.807, 2.05) is 0 Å². The van der Waals surface area contributed by atoms with Gasteiger partial charge in [0.1, 0.15) is 0 Å². The van der Waals surface area contributed by atoms with Gasteiger partial charge in [-0.25, -0.2) is 0 Å². The maximum absolute atomic E-state index is 14.6.